The number of nitrogens with zero attached hydrogens (tertiary/aromatic N) is 2. The number of hydrogen-bond donors (Lipinski definition) is 3. The molecule has 1 fully saturated rings. The van der Waals surface area contributed by atoms with Crippen molar-refractivity contribution in [2.45, 2.75) is 32.7 Å². The highest BCUT2D eigenvalue weighted by molar-refractivity contribution is 7.80. The third kappa shape index (κ3) is 4.79. The van der Waals surface area contributed by atoms with Gasteiger partial charge in [-0.15, -0.1) is 0 Å². The largest absolute Gasteiger partial charge is 0.494 e. The monoisotopic (exact) mass is 343 g/mol. The minimum atomic E-state index is 0.488. The van der Waals surface area contributed by atoms with Crippen LogP contribution in [0.1, 0.15) is 25.5 Å². The number of anilines is 3. The van der Waals surface area contributed by atoms with E-state index in [-0.39, 0.29) is 0 Å². The number of benzene rings is 1. The summed E-state index contributed by atoms with van der Waals surface area (Å²) in [5, 5.41) is 10.1. The number of nitrogens with one attached hydrogen (secondary N) is 3. The van der Waals surface area contributed by atoms with Crippen LogP contribution in [-0.4, -0.2) is 27.7 Å². The molecule has 0 unspecified atom stereocenters. The molecule has 1 aromatic heterocycles. The Balaban J connectivity index is 1.67. The van der Waals surface area contributed by atoms with Crippen molar-refractivity contribution in [1.82, 2.24) is 15.3 Å². The first-order chi connectivity index (χ1) is 11.6. The van der Waals surface area contributed by atoms with Crippen LogP contribution in [-0.2, 0) is 0 Å². The maximum absolute atomic E-state index is 5.45. The smallest absolute Gasteiger partial charge is 0.231 e. The first-order valence-electron chi connectivity index (χ1n) is 8.05. The van der Waals surface area contributed by atoms with E-state index < -0.39 is 0 Å². The van der Waals surface area contributed by atoms with Crippen LogP contribution in [0.4, 0.5) is 17.5 Å². The Morgan fingerprint density at radius 2 is 2.00 bits per heavy atom. The molecule has 0 spiro atoms. The van der Waals surface area contributed by atoms with Crippen molar-refractivity contribution < 1.29 is 4.74 Å². The molecule has 1 aliphatic carbocycles. The Labute approximate surface area is 147 Å². The molecule has 3 N–H and O–H groups in total. The van der Waals surface area contributed by atoms with Gasteiger partial charge in [-0.3, -0.25) is 0 Å². The summed E-state index contributed by atoms with van der Waals surface area (Å²) in [5.74, 6) is 2.05. The highest BCUT2D eigenvalue weighted by atomic mass is 32.1. The Kier molecular flexibility index (Phi) is 5.10. The van der Waals surface area contributed by atoms with Crippen LogP contribution in [0.2, 0.25) is 0 Å². The van der Waals surface area contributed by atoms with Crippen molar-refractivity contribution in [1.29, 1.82) is 0 Å². The average molecular weight is 343 g/mol. The molecule has 2 aromatic rings. The molecule has 0 bridgehead atoms. The van der Waals surface area contributed by atoms with Crippen molar-refractivity contribution in [2.24, 2.45) is 0 Å². The topological polar surface area (TPSA) is 71.1 Å². The zero-order valence-corrected chi connectivity index (χ0v) is 14.6. The molecule has 1 aliphatic rings. The lowest BCUT2D eigenvalue weighted by atomic mass is 10.3. The molecule has 0 radical (unpaired) electrons. The van der Waals surface area contributed by atoms with Gasteiger partial charge in [0.15, 0.2) is 5.11 Å². The predicted octanol–water partition coefficient (Wildman–Crippen LogP) is 3.38. The molecular formula is C17H21N5OS. The van der Waals surface area contributed by atoms with E-state index in [0.717, 1.165) is 17.1 Å². The van der Waals surface area contributed by atoms with Gasteiger partial charge in [0.05, 0.1) is 6.61 Å². The zero-order valence-electron chi connectivity index (χ0n) is 13.8. The zero-order chi connectivity index (χ0) is 16.9. The van der Waals surface area contributed by atoms with Gasteiger partial charge in [-0.1, -0.05) is 0 Å². The highest BCUT2D eigenvalue weighted by Gasteiger charge is 2.22. The van der Waals surface area contributed by atoms with Crippen molar-refractivity contribution in [3.05, 3.63) is 36.0 Å². The van der Waals surface area contributed by atoms with Crippen LogP contribution in [0.25, 0.3) is 0 Å². The van der Waals surface area contributed by atoms with Crippen molar-refractivity contribution in [3.63, 3.8) is 0 Å². The minimum absolute atomic E-state index is 0.488. The van der Waals surface area contributed by atoms with Crippen LogP contribution in [0.15, 0.2) is 30.3 Å². The number of ether oxygens (including phenoxy) is 1. The minimum Gasteiger partial charge on any atom is -0.494 e. The van der Waals surface area contributed by atoms with Crippen LogP contribution < -0.4 is 20.7 Å². The fourth-order valence-electron chi connectivity index (χ4n) is 2.19. The molecule has 1 aromatic carbocycles. The lowest BCUT2D eigenvalue weighted by Gasteiger charge is -2.11. The van der Waals surface area contributed by atoms with Gasteiger partial charge in [0.1, 0.15) is 11.6 Å². The third-order valence-corrected chi connectivity index (χ3v) is 3.65. The number of aromatic nitrogens is 2. The molecule has 0 aliphatic heterocycles. The summed E-state index contributed by atoms with van der Waals surface area (Å²) in [5.41, 5.74) is 1.79. The van der Waals surface area contributed by atoms with E-state index in [0.29, 0.717) is 29.5 Å². The van der Waals surface area contributed by atoms with Gasteiger partial charge in [0.2, 0.25) is 5.95 Å². The van der Waals surface area contributed by atoms with E-state index in [2.05, 4.69) is 25.9 Å². The van der Waals surface area contributed by atoms with Crippen molar-refractivity contribution >= 4 is 34.8 Å². The van der Waals surface area contributed by atoms with Gasteiger partial charge < -0.3 is 20.7 Å². The molecule has 0 atom stereocenters. The average Bonchev–Trinajstić information content (AvgIpc) is 3.32. The first kappa shape index (κ1) is 16.4. The van der Waals surface area contributed by atoms with Crippen LogP contribution in [0, 0.1) is 6.92 Å². The molecule has 0 amide bonds. The summed E-state index contributed by atoms with van der Waals surface area (Å²) in [6, 6.07) is 10.1. The molecule has 0 saturated heterocycles. The van der Waals surface area contributed by atoms with Gasteiger partial charge in [-0.25, -0.2) is 4.98 Å². The molecule has 7 heteroatoms. The molecule has 1 heterocycles. The quantitative estimate of drug-likeness (QED) is 0.695. The first-order valence-corrected chi connectivity index (χ1v) is 8.46. The molecule has 1 saturated carbocycles. The molecule has 3 rings (SSSR count). The second-order valence-electron chi connectivity index (χ2n) is 5.67. The molecule has 24 heavy (non-hydrogen) atoms. The maximum atomic E-state index is 5.45. The number of aryl methyl sites for hydroxylation is 1. The summed E-state index contributed by atoms with van der Waals surface area (Å²) in [6.07, 6.45) is 2.34. The molecular weight excluding hydrogens is 322 g/mol. The fourth-order valence-corrected chi connectivity index (χ4v) is 2.45. The van der Waals surface area contributed by atoms with Gasteiger partial charge >= 0.3 is 0 Å². The Bertz CT molecular complexity index is 715. The second-order valence-corrected chi connectivity index (χ2v) is 6.08. The van der Waals surface area contributed by atoms with Crippen molar-refractivity contribution in [2.75, 3.05) is 17.2 Å². The number of thiocarbonyl (C=S) groups is 1. The van der Waals surface area contributed by atoms with E-state index in [1.165, 1.54) is 12.8 Å². The molecule has 126 valence electrons. The summed E-state index contributed by atoms with van der Waals surface area (Å²) >= 11 is 5.27. The van der Waals surface area contributed by atoms with Gasteiger partial charge in [0.25, 0.3) is 0 Å². The molecule has 6 nitrogen and oxygen atoms in total. The van der Waals surface area contributed by atoms with E-state index in [1.807, 2.05) is 44.2 Å². The normalized spacial score (nSPS) is 13.2. The SMILES string of the molecule is CCOc1ccc(Nc2cc(C)nc(NC(=S)NC3CC3)n2)cc1. The maximum Gasteiger partial charge on any atom is 0.231 e. The predicted molar refractivity (Wildman–Crippen MR) is 100 cm³/mol. The van der Waals surface area contributed by atoms with Crippen LogP contribution in [0.5, 0.6) is 5.75 Å². The van der Waals surface area contributed by atoms with Gasteiger partial charge in [-0.2, -0.15) is 4.98 Å². The Morgan fingerprint density at radius 1 is 1.25 bits per heavy atom. The standard InChI is InChI=1S/C17H21N5OS/c1-3-23-14-8-6-12(7-9-14)19-15-10-11(2)18-16(21-15)22-17(24)20-13-4-5-13/h6-10,13H,3-5H2,1-2H3,(H3,18,19,20,21,22,24). The number of rotatable bonds is 6. The van der Waals surface area contributed by atoms with Gasteiger partial charge in [0, 0.05) is 23.5 Å². The highest BCUT2D eigenvalue weighted by Crippen LogP contribution is 2.21. The van der Waals surface area contributed by atoms with Crippen LogP contribution in [0.3, 0.4) is 0 Å². The summed E-state index contributed by atoms with van der Waals surface area (Å²) in [7, 11) is 0. The second kappa shape index (κ2) is 7.44. The lowest BCUT2D eigenvalue weighted by molar-refractivity contribution is 0.340. The number of hydrogen-bond acceptors (Lipinski definition) is 5. The van der Waals surface area contributed by atoms with E-state index in [4.69, 9.17) is 17.0 Å². The summed E-state index contributed by atoms with van der Waals surface area (Å²) < 4.78 is 5.45. The van der Waals surface area contributed by atoms with Crippen LogP contribution >= 0.6 is 12.2 Å². The Hall–Kier alpha value is -2.41. The summed E-state index contributed by atoms with van der Waals surface area (Å²) in [6.45, 7) is 4.54. The third-order valence-electron chi connectivity index (χ3n) is 3.43. The summed E-state index contributed by atoms with van der Waals surface area (Å²) in [4.78, 5) is 8.84. The fraction of sp³-hybridized carbons (Fsp3) is 0.353. The van der Waals surface area contributed by atoms with Gasteiger partial charge in [-0.05, 0) is 63.2 Å². The van der Waals surface area contributed by atoms with E-state index in [9.17, 15) is 0 Å². The lowest BCUT2D eigenvalue weighted by Crippen LogP contribution is -2.30. The van der Waals surface area contributed by atoms with E-state index >= 15 is 0 Å². The Morgan fingerprint density at radius 3 is 2.67 bits per heavy atom. The van der Waals surface area contributed by atoms with E-state index in [1.54, 1.807) is 0 Å². The van der Waals surface area contributed by atoms with Crippen molar-refractivity contribution in [3.8, 4) is 5.75 Å².